The first-order chi connectivity index (χ1) is 9.20. The Bertz CT molecular complexity index is 408. The molecule has 0 amide bonds. The molecule has 3 nitrogen and oxygen atoms in total. The second-order valence-electron chi connectivity index (χ2n) is 5.20. The predicted octanol–water partition coefficient (Wildman–Crippen LogP) is 2.70. The standard InChI is InChI=1S/C15H24BrN3/c1-3-17-12-13-5-6-14(11-15(13)16)19-8-4-7-18(2)9-10-19/h5-6,11,17H,3-4,7-10,12H2,1-2H3. The molecule has 1 aromatic carbocycles. The van der Waals surface area contributed by atoms with Crippen molar-refractivity contribution in [2.75, 3.05) is 44.7 Å². The van der Waals surface area contributed by atoms with Crippen LogP contribution in [-0.4, -0.2) is 44.7 Å². The zero-order chi connectivity index (χ0) is 13.7. The Morgan fingerprint density at radius 2 is 2.05 bits per heavy atom. The zero-order valence-electron chi connectivity index (χ0n) is 12.0. The highest BCUT2D eigenvalue weighted by Gasteiger charge is 2.13. The lowest BCUT2D eigenvalue weighted by Gasteiger charge is -2.23. The van der Waals surface area contributed by atoms with E-state index in [0.29, 0.717) is 0 Å². The molecule has 1 aliphatic rings. The van der Waals surface area contributed by atoms with Crippen LogP contribution in [-0.2, 0) is 6.54 Å². The summed E-state index contributed by atoms with van der Waals surface area (Å²) in [5, 5.41) is 3.37. The molecule has 1 aliphatic heterocycles. The van der Waals surface area contributed by atoms with Crippen LogP contribution in [0.3, 0.4) is 0 Å². The molecule has 0 bridgehead atoms. The van der Waals surface area contributed by atoms with Crippen molar-refractivity contribution in [2.45, 2.75) is 19.9 Å². The van der Waals surface area contributed by atoms with Gasteiger partial charge in [-0.3, -0.25) is 0 Å². The fourth-order valence-electron chi connectivity index (χ4n) is 2.44. The zero-order valence-corrected chi connectivity index (χ0v) is 13.5. The Labute approximate surface area is 125 Å². The first-order valence-electron chi connectivity index (χ1n) is 7.13. The predicted molar refractivity (Wildman–Crippen MR) is 85.8 cm³/mol. The van der Waals surface area contributed by atoms with Crippen molar-refractivity contribution < 1.29 is 0 Å². The van der Waals surface area contributed by atoms with Crippen LogP contribution < -0.4 is 10.2 Å². The molecule has 0 saturated carbocycles. The van der Waals surface area contributed by atoms with Gasteiger partial charge in [0.05, 0.1) is 0 Å². The van der Waals surface area contributed by atoms with Crippen LogP contribution in [0.25, 0.3) is 0 Å². The number of nitrogens with zero attached hydrogens (tertiary/aromatic N) is 2. The van der Waals surface area contributed by atoms with E-state index in [0.717, 1.165) is 32.7 Å². The number of hydrogen-bond acceptors (Lipinski definition) is 3. The van der Waals surface area contributed by atoms with Crippen LogP contribution in [0.4, 0.5) is 5.69 Å². The topological polar surface area (TPSA) is 18.5 Å². The monoisotopic (exact) mass is 325 g/mol. The molecule has 0 radical (unpaired) electrons. The maximum atomic E-state index is 3.70. The summed E-state index contributed by atoms with van der Waals surface area (Å²) in [6.07, 6.45) is 1.24. The molecular weight excluding hydrogens is 302 g/mol. The molecule has 0 spiro atoms. The molecule has 1 aromatic rings. The van der Waals surface area contributed by atoms with Gasteiger partial charge in [0.1, 0.15) is 0 Å². The van der Waals surface area contributed by atoms with E-state index < -0.39 is 0 Å². The highest BCUT2D eigenvalue weighted by atomic mass is 79.9. The van der Waals surface area contributed by atoms with Crippen LogP contribution in [0.1, 0.15) is 18.9 Å². The first-order valence-corrected chi connectivity index (χ1v) is 7.92. The van der Waals surface area contributed by atoms with E-state index in [2.05, 4.69) is 63.2 Å². The molecule has 1 N–H and O–H groups in total. The van der Waals surface area contributed by atoms with E-state index in [1.54, 1.807) is 0 Å². The summed E-state index contributed by atoms with van der Waals surface area (Å²) < 4.78 is 1.21. The molecule has 1 fully saturated rings. The average molecular weight is 326 g/mol. The molecule has 0 aliphatic carbocycles. The molecule has 0 aromatic heterocycles. The summed E-state index contributed by atoms with van der Waals surface area (Å²) in [5.74, 6) is 0. The minimum absolute atomic E-state index is 0.931. The minimum Gasteiger partial charge on any atom is -0.370 e. The van der Waals surface area contributed by atoms with Crippen molar-refractivity contribution in [3.63, 3.8) is 0 Å². The van der Waals surface area contributed by atoms with Crippen molar-refractivity contribution in [3.8, 4) is 0 Å². The lowest BCUT2D eigenvalue weighted by Crippen LogP contribution is -2.28. The Hall–Kier alpha value is -0.580. The Morgan fingerprint density at radius 1 is 1.21 bits per heavy atom. The van der Waals surface area contributed by atoms with Crippen molar-refractivity contribution >= 4 is 21.6 Å². The van der Waals surface area contributed by atoms with Gasteiger partial charge in [0.15, 0.2) is 0 Å². The molecule has 0 atom stereocenters. The SMILES string of the molecule is CCNCc1ccc(N2CCCN(C)CC2)cc1Br. The minimum atomic E-state index is 0.931. The lowest BCUT2D eigenvalue weighted by molar-refractivity contribution is 0.360. The Kier molecular flexibility index (Phi) is 5.67. The molecule has 1 heterocycles. The molecular formula is C15H24BrN3. The van der Waals surface area contributed by atoms with E-state index in [-0.39, 0.29) is 0 Å². The lowest BCUT2D eigenvalue weighted by atomic mass is 10.2. The largest absolute Gasteiger partial charge is 0.370 e. The highest BCUT2D eigenvalue weighted by Crippen LogP contribution is 2.25. The van der Waals surface area contributed by atoms with E-state index in [1.807, 2.05) is 0 Å². The molecule has 19 heavy (non-hydrogen) atoms. The van der Waals surface area contributed by atoms with Gasteiger partial charge >= 0.3 is 0 Å². The van der Waals surface area contributed by atoms with E-state index in [9.17, 15) is 0 Å². The van der Waals surface area contributed by atoms with Crippen LogP contribution in [0.5, 0.6) is 0 Å². The number of anilines is 1. The van der Waals surface area contributed by atoms with Gasteiger partial charge < -0.3 is 15.1 Å². The number of nitrogens with one attached hydrogen (secondary N) is 1. The van der Waals surface area contributed by atoms with Gasteiger partial charge in [-0.15, -0.1) is 0 Å². The number of benzene rings is 1. The van der Waals surface area contributed by atoms with Crippen LogP contribution in [0, 0.1) is 0 Å². The second-order valence-corrected chi connectivity index (χ2v) is 6.05. The van der Waals surface area contributed by atoms with Crippen molar-refractivity contribution in [3.05, 3.63) is 28.2 Å². The summed E-state index contributed by atoms with van der Waals surface area (Å²) >= 11 is 3.70. The maximum Gasteiger partial charge on any atom is 0.0378 e. The summed E-state index contributed by atoms with van der Waals surface area (Å²) in [5.41, 5.74) is 2.67. The van der Waals surface area contributed by atoms with Crippen molar-refractivity contribution in [1.82, 2.24) is 10.2 Å². The highest BCUT2D eigenvalue weighted by molar-refractivity contribution is 9.10. The Balaban J connectivity index is 2.06. The van der Waals surface area contributed by atoms with Gasteiger partial charge in [-0.1, -0.05) is 28.9 Å². The molecule has 1 saturated heterocycles. The maximum absolute atomic E-state index is 3.70. The normalized spacial score (nSPS) is 17.5. The van der Waals surface area contributed by atoms with Crippen molar-refractivity contribution in [2.24, 2.45) is 0 Å². The molecule has 2 rings (SSSR count). The van der Waals surface area contributed by atoms with E-state index >= 15 is 0 Å². The van der Waals surface area contributed by atoms with Gasteiger partial charge in [0.2, 0.25) is 0 Å². The van der Waals surface area contributed by atoms with Crippen LogP contribution in [0.2, 0.25) is 0 Å². The van der Waals surface area contributed by atoms with Crippen LogP contribution in [0.15, 0.2) is 22.7 Å². The molecule has 0 unspecified atom stereocenters. The molecule has 106 valence electrons. The van der Waals surface area contributed by atoms with Gasteiger partial charge in [0.25, 0.3) is 0 Å². The number of likely N-dealkylation sites (N-methyl/N-ethyl adjacent to an activating group) is 1. The third-order valence-corrected chi connectivity index (χ3v) is 4.42. The average Bonchev–Trinajstić information content (AvgIpc) is 2.62. The summed E-state index contributed by atoms with van der Waals surface area (Å²) in [6, 6.07) is 6.75. The summed E-state index contributed by atoms with van der Waals surface area (Å²) in [6.45, 7) is 8.70. The third kappa shape index (κ3) is 4.20. The second kappa shape index (κ2) is 7.27. The quantitative estimate of drug-likeness (QED) is 0.918. The fraction of sp³-hybridized carbons (Fsp3) is 0.600. The number of halogens is 1. The van der Waals surface area contributed by atoms with Crippen LogP contribution >= 0.6 is 15.9 Å². The third-order valence-electron chi connectivity index (χ3n) is 3.69. The number of hydrogen-bond donors (Lipinski definition) is 1. The summed E-state index contributed by atoms with van der Waals surface area (Å²) in [7, 11) is 2.21. The van der Waals surface area contributed by atoms with Gasteiger partial charge in [-0.2, -0.15) is 0 Å². The van der Waals surface area contributed by atoms with Gasteiger partial charge in [-0.05, 0) is 44.3 Å². The smallest absolute Gasteiger partial charge is 0.0378 e. The van der Waals surface area contributed by atoms with Gasteiger partial charge in [-0.25, -0.2) is 0 Å². The summed E-state index contributed by atoms with van der Waals surface area (Å²) in [4.78, 5) is 4.90. The first kappa shape index (κ1) is 14.8. The van der Waals surface area contributed by atoms with E-state index in [4.69, 9.17) is 0 Å². The van der Waals surface area contributed by atoms with Crippen molar-refractivity contribution in [1.29, 1.82) is 0 Å². The van der Waals surface area contributed by atoms with Gasteiger partial charge in [0, 0.05) is 36.3 Å². The Morgan fingerprint density at radius 3 is 2.79 bits per heavy atom. The molecule has 4 heteroatoms. The fourth-order valence-corrected chi connectivity index (χ4v) is 2.95. The number of rotatable bonds is 4. The van der Waals surface area contributed by atoms with E-state index in [1.165, 1.54) is 28.7 Å².